The number of amides is 2. The molecule has 2 aromatic carbocycles. The van der Waals surface area contributed by atoms with Crippen molar-refractivity contribution in [1.82, 2.24) is 9.80 Å². The SMILES string of the molecule is Cc1ccccc1-c1cc(=O)oc2cc(OC(C)C(=O)N3CCCC(C(=O)N(C)C)C3)ccc12. The molecular formula is C27H30N2O5. The number of hydrogen-bond acceptors (Lipinski definition) is 5. The minimum Gasteiger partial charge on any atom is -0.481 e. The molecule has 2 amide bonds. The number of piperidine rings is 1. The van der Waals surface area contributed by atoms with Gasteiger partial charge in [0.1, 0.15) is 11.3 Å². The number of aryl methyl sites for hydroxylation is 1. The molecule has 0 N–H and O–H groups in total. The van der Waals surface area contributed by atoms with Crippen LogP contribution in [0.25, 0.3) is 22.1 Å². The van der Waals surface area contributed by atoms with Crippen molar-refractivity contribution in [3.8, 4) is 16.9 Å². The molecule has 0 saturated carbocycles. The highest BCUT2D eigenvalue weighted by molar-refractivity contribution is 5.94. The number of likely N-dealkylation sites (tertiary alicyclic amines) is 1. The van der Waals surface area contributed by atoms with Crippen molar-refractivity contribution in [3.63, 3.8) is 0 Å². The Labute approximate surface area is 198 Å². The van der Waals surface area contributed by atoms with Crippen molar-refractivity contribution in [3.05, 3.63) is 64.5 Å². The van der Waals surface area contributed by atoms with Crippen LogP contribution in [0.1, 0.15) is 25.3 Å². The lowest BCUT2D eigenvalue weighted by Gasteiger charge is -2.34. The summed E-state index contributed by atoms with van der Waals surface area (Å²) in [5.41, 5.74) is 2.77. The van der Waals surface area contributed by atoms with Gasteiger partial charge in [-0.05, 0) is 49.9 Å². The molecule has 7 heteroatoms. The Morgan fingerprint density at radius 1 is 1.12 bits per heavy atom. The number of hydrogen-bond donors (Lipinski definition) is 0. The quantitative estimate of drug-likeness (QED) is 0.538. The molecule has 178 valence electrons. The average molecular weight is 463 g/mol. The second-order valence-corrected chi connectivity index (χ2v) is 9.07. The first-order chi connectivity index (χ1) is 16.2. The van der Waals surface area contributed by atoms with E-state index in [-0.39, 0.29) is 17.7 Å². The molecule has 7 nitrogen and oxygen atoms in total. The van der Waals surface area contributed by atoms with E-state index in [2.05, 4.69) is 0 Å². The minimum absolute atomic E-state index is 0.0417. The number of fused-ring (bicyclic) bond motifs is 1. The van der Waals surface area contributed by atoms with Gasteiger partial charge in [-0.1, -0.05) is 24.3 Å². The molecule has 34 heavy (non-hydrogen) atoms. The van der Waals surface area contributed by atoms with Gasteiger partial charge < -0.3 is 19.0 Å². The monoisotopic (exact) mass is 462 g/mol. The summed E-state index contributed by atoms with van der Waals surface area (Å²) in [4.78, 5) is 40.9. The van der Waals surface area contributed by atoms with Gasteiger partial charge in [-0.25, -0.2) is 4.79 Å². The number of carbonyl (C=O) groups is 2. The van der Waals surface area contributed by atoms with Crippen molar-refractivity contribution in [1.29, 1.82) is 0 Å². The third kappa shape index (κ3) is 4.83. The number of carbonyl (C=O) groups excluding carboxylic acids is 2. The Hall–Kier alpha value is -3.61. The first-order valence-corrected chi connectivity index (χ1v) is 11.5. The molecule has 2 heterocycles. The van der Waals surface area contributed by atoms with Gasteiger partial charge in [-0.2, -0.15) is 0 Å². The zero-order valence-corrected chi connectivity index (χ0v) is 20.0. The standard InChI is InChI=1S/C27H30N2O5/c1-17-8-5-6-10-21(17)23-15-25(30)34-24-14-20(11-12-22(23)24)33-18(2)26(31)29-13-7-9-19(16-29)27(32)28(3)4/h5-6,8,10-12,14-15,18-19H,7,9,13,16H2,1-4H3. The van der Waals surface area contributed by atoms with Gasteiger partial charge in [-0.3, -0.25) is 9.59 Å². The van der Waals surface area contributed by atoms with Crippen LogP contribution in [0.4, 0.5) is 0 Å². The maximum atomic E-state index is 13.0. The Kier molecular flexibility index (Phi) is 6.72. The maximum absolute atomic E-state index is 13.0. The minimum atomic E-state index is -0.739. The Balaban J connectivity index is 1.54. The summed E-state index contributed by atoms with van der Waals surface area (Å²) in [7, 11) is 3.47. The van der Waals surface area contributed by atoms with Gasteiger partial charge in [0.05, 0.1) is 5.92 Å². The summed E-state index contributed by atoms with van der Waals surface area (Å²) in [5, 5.41) is 0.793. The van der Waals surface area contributed by atoms with Crippen molar-refractivity contribution in [2.24, 2.45) is 5.92 Å². The smallest absolute Gasteiger partial charge is 0.336 e. The molecule has 1 fully saturated rings. The first-order valence-electron chi connectivity index (χ1n) is 11.5. The second-order valence-electron chi connectivity index (χ2n) is 9.07. The molecule has 2 atom stereocenters. The van der Waals surface area contributed by atoms with Crippen LogP contribution in [0, 0.1) is 12.8 Å². The summed E-state index contributed by atoms with van der Waals surface area (Å²) in [6.07, 6.45) is 0.825. The average Bonchev–Trinajstić information content (AvgIpc) is 2.82. The van der Waals surface area contributed by atoms with Crippen LogP contribution in [0.2, 0.25) is 0 Å². The van der Waals surface area contributed by atoms with Crippen LogP contribution >= 0.6 is 0 Å². The fourth-order valence-electron chi connectivity index (χ4n) is 4.57. The molecule has 1 aliphatic rings. The molecule has 0 spiro atoms. The van der Waals surface area contributed by atoms with Gasteiger partial charge in [0.25, 0.3) is 5.91 Å². The topological polar surface area (TPSA) is 80.1 Å². The molecule has 0 aliphatic carbocycles. The third-order valence-corrected chi connectivity index (χ3v) is 6.33. The van der Waals surface area contributed by atoms with Crippen molar-refractivity contribution < 1.29 is 18.7 Å². The highest BCUT2D eigenvalue weighted by Crippen LogP contribution is 2.32. The van der Waals surface area contributed by atoms with E-state index < -0.39 is 11.7 Å². The molecule has 2 unspecified atom stereocenters. The van der Waals surface area contributed by atoms with E-state index in [1.807, 2.05) is 37.3 Å². The fourth-order valence-corrected chi connectivity index (χ4v) is 4.57. The zero-order chi connectivity index (χ0) is 24.4. The normalized spacial score (nSPS) is 16.8. The predicted molar refractivity (Wildman–Crippen MR) is 131 cm³/mol. The summed E-state index contributed by atoms with van der Waals surface area (Å²) < 4.78 is 11.4. The summed E-state index contributed by atoms with van der Waals surface area (Å²) in [6.45, 7) is 4.70. The van der Waals surface area contributed by atoms with Gasteiger partial charge in [0, 0.05) is 50.3 Å². The maximum Gasteiger partial charge on any atom is 0.336 e. The number of rotatable bonds is 5. The molecule has 1 aliphatic heterocycles. The fraction of sp³-hybridized carbons (Fsp3) is 0.370. The molecule has 4 rings (SSSR count). The van der Waals surface area contributed by atoms with E-state index in [0.717, 1.165) is 34.9 Å². The lowest BCUT2D eigenvalue weighted by atomic mass is 9.96. The summed E-state index contributed by atoms with van der Waals surface area (Å²) >= 11 is 0. The highest BCUT2D eigenvalue weighted by atomic mass is 16.5. The van der Waals surface area contributed by atoms with E-state index >= 15 is 0 Å². The molecule has 1 saturated heterocycles. The van der Waals surface area contributed by atoms with Gasteiger partial charge in [0.15, 0.2) is 6.10 Å². The van der Waals surface area contributed by atoms with E-state index in [1.54, 1.807) is 43.0 Å². The van der Waals surface area contributed by atoms with Crippen LogP contribution in [0.5, 0.6) is 5.75 Å². The lowest BCUT2D eigenvalue weighted by molar-refractivity contribution is -0.143. The molecule has 0 radical (unpaired) electrons. The number of benzene rings is 2. The number of ether oxygens (including phenoxy) is 1. The second kappa shape index (κ2) is 9.71. The predicted octanol–water partition coefficient (Wildman–Crippen LogP) is 3.86. The van der Waals surface area contributed by atoms with Crippen LogP contribution in [0.3, 0.4) is 0 Å². The molecule has 1 aromatic heterocycles. The van der Waals surface area contributed by atoms with Crippen LogP contribution in [-0.4, -0.2) is 54.9 Å². The third-order valence-electron chi connectivity index (χ3n) is 6.33. The van der Waals surface area contributed by atoms with Gasteiger partial charge >= 0.3 is 5.63 Å². The molecule has 3 aromatic rings. The lowest BCUT2D eigenvalue weighted by Crippen LogP contribution is -2.48. The number of nitrogens with zero attached hydrogens (tertiary/aromatic N) is 2. The van der Waals surface area contributed by atoms with Crippen LogP contribution < -0.4 is 10.4 Å². The van der Waals surface area contributed by atoms with E-state index in [9.17, 15) is 14.4 Å². The van der Waals surface area contributed by atoms with E-state index in [1.165, 1.54) is 6.07 Å². The van der Waals surface area contributed by atoms with Crippen molar-refractivity contribution >= 4 is 22.8 Å². The largest absolute Gasteiger partial charge is 0.481 e. The van der Waals surface area contributed by atoms with E-state index in [0.29, 0.717) is 24.4 Å². The highest BCUT2D eigenvalue weighted by Gasteiger charge is 2.31. The summed E-state index contributed by atoms with van der Waals surface area (Å²) in [6, 6.07) is 14.6. The first kappa shape index (κ1) is 23.5. The van der Waals surface area contributed by atoms with Crippen LogP contribution in [0.15, 0.2) is 57.7 Å². The Bertz CT molecular complexity index is 1280. The van der Waals surface area contributed by atoms with Gasteiger partial charge in [0.2, 0.25) is 5.91 Å². The van der Waals surface area contributed by atoms with Crippen molar-refractivity contribution in [2.75, 3.05) is 27.2 Å². The molecular weight excluding hydrogens is 432 g/mol. The Morgan fingerprint density at radius 3 is 2.62 bits per heavy atom. The summed E-state index contributed by atoms with van der Waals surface area (Å²) in [5.74, 6) is 0.137. The van der Waals surface area contributed by atoms with E-state index in [4.69, 9.17) is 9.15 Å². The van der Waals surface area contributed by atoms with Gasteiger partial charge in [-0.15, -0.1) is 0 Å². The Morgan fingerprint density at radius 2 is 1.88 bits per heavy atom. The molecule has 0 bridgehead atoms. The van der Waals surface area contributed by atoms with Crippen molar-refractivity contribution in [2.45, 2.75) is 32.8 Å². The zero-order valence-electron chi connectivity index (χ0n) is 20.0. The van der Waals surface area contributed by atoms with Crippen LogP contribution in [-0.2, 0) is 9.59 Å².